The van der Waals surface area contributed by atoms with Crippen LogP contribution in [0.3, 0.4) is 0 Å². The third kappa shape index (κ3) is 7.83. The van der Waals surface area contributed by atoms with Crippen molar-refractivity contribution >= 4 is 18.0 Å². The molecule has 8 nitrogen and oxygen atoms in total. The van der Waals surface area contributed by atoms with Crippen LogP contribution in [0.1, 0.15) is 41.0 Å². The fraction of sp³-hybridized carbons (Fsp3) is 0.800. The average molecular weight is 332 g/mol. The molecule has 0 aromatic rings. The van der Waals surface area contributed by atoms with Gasteiger partial charge in [0.2, 0.25) is 5.91 Å². The largest absolute Gasteiger partial charge is 0.467 e. The average Bonchev–Trinajstić information content (AvgIpc) is 2.46. The number of aliphatic hydroxyl groups excluding tert-OH is 1. The van der Waals surface area contributed by atoms with Gasteiger partial charge in [-0.15, -0.1) is 0 Å². The summed E-state index contributed by atoms with van der Waals surface area (Å²) in [6, 6.07) is -2.08. The standard InChI is InChI=1S/C15H28N2O6/c1-7-9(2)11(17-14(21)23-15(3,4)5)12(19)16-10(8-18)13(20)22-6/h9-11,18H,7-8H2,1-6H3,(H,16,19)(H,17,21)/t9-,10+,11+/m1/s1. The SMILES string of the molecule is CC[C@@H](C)[C@H](NC(=O)OC(C)(C)C)C(=O)N[C@@H](CO)C(=O)OC. The Bertz CT molecular complexity index is 419. The molecule has 3 atom stereocenters. The van der Waals surface area contributed by atoms with E-state index < -0.39 is 42.3 Å². The van der Waals surface area contributed by atoms with E-state index >= 15 is 0 Å². The summed E-state index contributed by atoms with van der Waals surface area (Å²) in [5.41, 5.74) is -0.694. The maximum atomic E-state index is 12.3. The number of carbonyl (C=O) groups is 3. The van der Waals surface area contributed by atoms with Crippen LogP contribution in [-0.4, -0.2) is 54.5 Å². The van der Waals surface area contributed by atoms with E-state index in [2.05, 4.69) is 15.4 Å². The van der Waals surface area contributed by atoms with Crippen LogP contribution in [-0.2, 0) is 19.1 Å². The first-order valence-electron chi connectivity index (χ1n) is 7.54. The molecule has 0 fully saturated rings. The van der Waals surface area contributed by atoms with Gasteiger partial charge in [0.1, 0.15) is 11.6 Å². The highest BCUT2D eigenvalue weighted by Gasteiger charge is 2.31. The first-order valence-corrected chi connectivity index (χ1v) is 7.54. The van der Waals surface area contributed by atoms with Crippen LogP contribution in [0.25, 0.3) is 0 Å². The Morgan fingerprint density at radius 2 is 1.74 bits per heavy atom. The van der Waals surface area contributed by atoms with Gasteiger partial charge >= 0.3 is 12.1 Å². The lowest BCUT2D eigenvalue weighted by Gasteiger charge is -2.27. The number of nitrogens with one attached hydrogen (secondary N) is 2. The summed E-state index contributed by atoms with van der Waals surface area (Å²) < 4.78 is 9.63. The molecular weight excluding hydrogens is 304 g/mol. The van der Waals surface area contributed by atoms with E-state index in [1.807, 2.05) is 6.92 Å². The van der Waals surface area contributed by atoms with Gasteiger partial charge in [-0.2, -0.15) is 0 Å². The van der Waals surface area contributed by atoms with Crippen molar-refractivity contribution in [3.8, 4) is 0 Å². The lowest BCUT2D eigenvalue weighted by atomic mass is 9.98. The van der Waals surface area contributed by atoms with Crippen molar-refractivity contribution in [3.05, 3.63) is 0 Å². The second-order valence-electron chi connectivity index (χ2n) is 6.28. The van der Waals surface area contributed by atoms with Gasteiger partial charge in [0.15, 0.2) is 6.04 Å². The van der Waals surface area contributed by atoms with Gasteiger partial charge in [-0.25, -0.2) is 9.59 Å². The number of ether oxygens (including phenoxy) is 2. The third-order valence-electron chi connectivity index (χ3n) is 3.15. The van der Waals surface area contributed by atoms with E-state index in [0.29, 0.717) is 6.42 Å². The number of alkyl carbamates (subject to hydrolysis) is 1. The maximum Gasteiger partial charge on any atom is 0.408 e. The zero-order valence-corrected chi connectivity index (χ0v) is 14.6. The predicted molar refractivity (Wildman–Crippen MR) is 83.6 cm³/mol. The van der Waals surface area contributed by atoms with E-state index in [1.54, 1.807) is 27.7 Å². The molecule has 2 amide bonds. The van der Waals surface area contributed by atoms with E-state index in [0.717, 1.165) is 7.11 Å². The van der Waals surface area contributed by atoms with Gasteiger partial charge in [-0.05, 0) is 26.7 Å². The quantitative estimate of drug-likeness (QED) is 0.588. The van der Waals surface area contributed by atoms with Crippen LogP contribution in [0.4, 0.5) is 4.79 Å². The predicted octanol–water partition coefficient (Wildman–Crippen LogP) is 0.576. The summed E-state index contributed by atoms with van der Waals surface area (Å²) in [4.78, 5) is 35.7. The van der Waals surface area contributed by atoms with Crippen LogP contribution >= 0.6 is 0 Å². The molecule has 8 heteroatoms. The van der Waals surface area contributed by atoms with E-state index in [1.165, 1.54) is 0 Å². The van der Waals surface area contributed by atoms with Gasteiger partial charge in [0.25, 0.3) is 0 Å². The molecule has 0 heterocycles. The fourth-order valence-corrected chi connectivity index (χ4v) is 1.72. The summed E-state index contributed by atoms with van der Waals surface area (Å²) in [5.74, 6) is -1.55. The Kier molecular flexibility index (Phi) is 8.60. The summed E-state index contributed by atoms with van der Waals surface area (Å²) in [6.45, 7) is 8.19. The smallest absolute Gasteiger partial charge is 0.408 e. The van der Waals surface area contributed by atoms with Gasteiger partial charge in [0, 0.05) is 0 Å². The maximum absolute atomic E-state index is 12.3. The van der Waals surface area contributed by atoms with Crippen molar-refractivity contribution in [1.82, 2.24) is 10.6 Å². The number of carbonyl (C=O) groups excluding carboxylic acids is 3. The molecule has 0 aromatic carbocycles. The van der Waals surface area contributed by atoms with Crippen molar-refractivity contribution in [2.24, 2.45) is 5.92 Å². The van der Waals surface area contributed by atoms with Crippen molar-refractivity contribution in [2.75, 3.05) is 13.7 Å². The highest BCUT2D eigenvalue weighted by molar-refractivity contribution is 5.89. The molecule has 23 heavy (non-hydrogen) atoms. The van der Waals surface area contributed by atoms with Crippen LogP contribution in [0, 0.1) is 5.92 Å². The number of esters is 1. The molecule has 0 aromatic heterocycles. The number of rotatable bonds is 7. The zero-order chi connectivity index (χ0) is 18.2. The zero-order valence-electron chi connectivity index (χ0n) is 14.6. The Balaban J connectivity index is 4.99. The number of amides is 2. The van der Waals surface area contributed by atoms with Gasteiger partial charge in [-0.3, -0.25) is 4.79 Å². The van der Waals surface area contributed by atoms with Gasteiger partial charge in [0.05, 0.1) is 13.7 Å². The molecule has 0 aliphatic heterocycles. The number of methoxy groups -OCH3 is 1. The van der Waals surface area contributed by atoms with Crippen LogP contribution in [0.15, 0.2) is 0 Å². The van der Waals surface area contributed by atoms with Crippen molar-refractivity contribution in [2.45, 2.75) is 58.7 Å². The highest BCUT2D eigenvalue weighted by atomic mass is 16.6. The number of hydrogen-bond donors (Lipinski definition) is 3. The van der Waals surface area contributed by atoms with Crippen LogP contribution in [0.5, 0.6) is 0 Å². The molecule has 0 saturated carbocycles. The first kappa shape index (κ1) is 21.2. The van der Waals surface area contributed by atoms with Crippen molar-refractivity contribution < 1.29 is 29.0 Å². The molecular formula is C15H28N2O6. The molecule has 0 saturated heterocycles. The lowest BCUT2D eigenvalue weighted by molar-refractivity contribution is -0.146. The second-order valence-corrected chi connectivity index (χ2v) is 6.28. The van der Waals surface area contributed by atoms with E-state index in [4.69, 9.17) is 9.84 Å². The number of hydrogen-bond acceptors (Lipinski definition) is 6. The Morgan fingerprint density at radius 3 is 2.13 bits per heavy atom. The van der Waals surface area contributed by atoms with Crippen LogP contribution < -0.4 is 10.6 Å². The molecule has 0 rings (SSSR count). The van der Waals surface area contributed by atoms with Crippen LogP contribution in [0.2, 0.25) is 0 Å². The first-order chi connectivity index (χ1) is 10.6. The monoisotopic (exact) mass is 332 g/mol. The van der Waals surface area contributed by atoms with Crippen molar-refractivity contribution in [1.29, 1.82) is 0 Å². The summed E-state index contributed by atoms with van der Waals surface area (Å²) in [5, 5.41) is 14.0. The molecule has 0 spiro atoms. The summed E-state index contributed by atoms with van der Waals surface area (Å²) in [6.07, 6.45) is -0.104. The van der Waals surface area contributed by atoms with E-state index in [9.17, 15) is 14.4 Å². The molecule has 0 unspecified atom stereocenters. The minimum atomic E-state index is -1.18. The molecule has 134 valence electrons. The van der Waals surface area contributed by atoms with Gasteiger partial charge < -0.3 is 25.2 Å². The molecule has 0 bridgehead atoms. The second kappa shape index (κ2) is 9.34. The Morgan fingerprint density at radius 1 is 1.17 bits per heavy atom. The third-order valence-corrected chi connectivity index (χ3v) is 3.15. The topological polar surface area (TPSA) is 114 Å². The minimum absolute atomic E-state index is 0.195. The molecule has 0 aliphatic carbocycles. The molecule has 3 N–H and O–H groups in total. The number of aliphatic hydroxyl groups is 1. The normalized spacial score (nSPS) is 15.1. The summed E-state index contributed by atoms with van der Waals surface area (Å²) in [7, 11) is 1.16. The Labute approximate surface area is 136 Å². The molecule has 0 radical (unpaired) electrons. The highest BCUT2D eigenvalue weighted by Crippen LogP contribution is 2.11. The Hall–Kier alpha value is -1.83. The minimum Gasteiger partial charge on any atom is -0.467 e. The van der Waals surface area contributed by atoms with Gasteiger partial charge in [-0.1, -0.05) is 20.3 Å². The lowest BCUT2D eigenvalue weighted by Crippen LogP contribution is -2.55. The fourth-order valence-electron chi connectivity index (χ4n) is 1.72. The molecule has 0 aliphatic rings. The van der Waals surface area contributed by atoms with Crippen molar-refractivity contribution in [3.63, 3.8) is 0 Å². The van der Waals surface area contributed by atoms with E-state index in [-0.39, 0.29) is 5.92 Å². The summed E-state index contributed by atoms with van der Waals surface area (Å²) >= 11 is 0.